The summed E-state index contributed by atoms with van der Waals surface area (Å²) in [7, 11) is 0. The predicted molar refractivity (Wildman–Crippen MR) is 118 cm³/mol. The smallest absolute Gasteiger partial charge is 0.116 e. The predicted octanol–water partition coefficient (Wildman–Crippen LogP) is 5.44. The van der Waals surface area contributed by atoms with Gasteiger partial charge in [-0.2, -0.15) is 5.10 Å². The minimum atomic E-state index is 0.884. The fourth-order valence-corrected chi connectivity index (χ4v) is 3.85. The highest BCUT2D eigenvalue weighted by Crippen LogP contribution is 2.34. The maximum atomic E-state index is 4.61. The number of nitrogens with one attached hydrogen (secondary N) is 2. The van der Waals surface area contributed by atoms with Crippen LogP contribution in [-0.4, -0.2) is 25.1 Å². The van der Waals surface area contributed by atoms with E-state index in [1.54, 1.807) is 12.4 Å². The first-order chi connectivity index (χ1) is 14.9. The zero-order valence-electron chi connectivity index (χ0n) is 15.8. The molecule has 0 spiro atoms. The summed E-state index contributed by atoms with van der Waals surface area (Å²) in [5.41, 5.74) is 8.02. The molecule has 0 bridgehead atoms. The molecule has 0 aliphatic heterocycles. The van der Waals surface area contributed by atoms with Crippen LogP contribution in [0.4, 0.5) is 0 Å². The van der Waals surface area contributed by atoms with Gasteiger partial charge in [0.25, 0.3) is 0 Å². The van der Waals surface area contributed by atoms with Crippen LogP contribution in [0.3, 0.4) is 0 Å². The summed E-state index contributed by atoms with van der Waals surface area (Å²) in [5.74, 6) is 0. The van der Waals surface area contributed by atoms with E-state index in [-0.39, 0.29) is 0 Å². The van der Waals surface area contributed by atoms with Crippen LogP contribution in [0.25, 0.3) is 55.6 Å². The Bertz CT molecular complexity index is 1480. The summed E-state index contributed by atoms with van der Waals surface area (Å²) >= 11 is 0. The number of aromatic amines is 2. The van der Waals surface area contributed by atoms with Crippen molar-refractivity contribution < 1.29 is 0 Å². The second kappa shape index (κ2) is 6.57. The highest BCUT2D eigenvalue weighted by Gasteiger charge is 2.14. The van der Waals surface area contributed by atoms with Crippen LogP contribution in [0.15, 0.2) is 79.3 Å². The number of rotatable bonds is 3. The summed E-state index contributed by atoms with van der Waals surface area (Å²) in [5, 5.41) is 9.86. The van der Waals surface area contributed by atoms with Crippen LogP contribution >= 0.6 is 0 Å². The zero-order chi connectivity index (χ0) is 19.9. The fourth-order valence-electron chi connectivity index (χ4n) is 3.85. The van der Waals surface area contributed by atoms with E-state index < -0.39 is 0 Å². The molecular weight excluding hydrogens is 370 g/mol. The highest BCUT2D eigenvalue weighted by molar-refractivity contribution is 6.00. The van der Waals surface area contributed by atoms with Crippen LogP contribution in [0.2, 0.25) is 0 Å². The van der Waals surface area contributed by atoms with Gasteiger partial charge in [0, 0.05) is 40.4 Å². The molecule has 0 unspecified atom stereocenters. The maximum Gasteiger partial charge on any atom is 0.116 e. The molecule has 5 nitrogen and oxygen atoms in total. The van der Waals surface area contributed by atoms with Gasteiger partial charge in [-0.05, 0) is 65.7 Å². The van der Waals surface area contributed by atoms with Gasteiger partial charge >= 0.3 is 0 Å². The van der Waals surface area contributed by atoms with Crippen molar-refractivity contribution in [3.05, 3.63) is 91.4 Å². The Balaban J connectivity index is 1.52. The molecule has 6 aromatic rings. The van der Waals surface area contributed by atoms with Crippen LogP contribution < -0.4 is 0 Å². The van der Waals surface area contributed by atoms with Gasteiger partial charge in [0.15, 0.2) is 0 Å². The lowest BCUT2D eigenvalue weighted by atomic mass is 10.0. The lowest BCUT2D eigenvalue weighted by molar-refractivity contribution is 1.12. The Kier molecular flexibility index (Phi) is 3.62. The highest BCUT2D eigenvalue weighted by atomic mass is 15.1. The van der Waals surface area contributed by atoms with Crippen LogP contribution in [-0.2, 0) is 0 Å². The van der Waals surface area contributed by atoms with Crippen LogP contribution in [0.1, 0.15) is 0 Å². The molecule has 0 radical (unpaired) electrons. The molecule has 30 heavy (non-hydrogen) atoms. The molecule has 2 aromatic carbocycles. The lowest BCUT2D eigenvalue weighted by Gasteiger charge is -2.01. The largest absolute Gasteiger partial charge is 0.353 e. The summed E-state index contributed by atoms with van der Waals surface area (Å²) in [6, 6.07) is 26.2. The number of hydrogen-bond donors (Lipinski definition) is 2. The molecule has 0 fully saturated rings. The molecule has 2 N–H and O–H groups in total. The van der Waals surface area contributed by atoms with Gasteiger partial charge in [0.1, 0.15) is 5.69 Å². The van der Waals surface area contributed by atoms with Gasteiger partial charge in [-0.15, -0.1) is 0 Å². The third-order valence-electron chi connectivity index (χ3n) is 5.31. The van der Waals surface area contributed by atoms with Gasteiger partial charge in [0.05, 0.1) is 16.9 Å². The monoisotopic (exact) mass is 385 g/mol. The van der Waals surface area contributed by atoms with Gasteiger partial charge in [-0.25, -0.2) is 0 Å². The third kappa shape index (κ3) is 2.63. The van der Waals surface area contributed by atoms with Crippen LogP contribution in [0.5, 0.6) is 0 Å². The Morgan fingerprint density at radius 2 is 1.60 bits per heavy atom. The molecule has 0 saturated carbocycles. The number of hydrogen-bond acceptors (Lipinski definition) is 3. The van der Waals surface area contributed by atoms with Crippen molar-refractivity contribution in [2.45, 2.75) is 0 Å². The van der Waals surface area contributed by atoms with E-state index in [2.05, 4.69) is 61.5 Å². The Morgan fingerprint density at radius 1 is 0.700 bits per heavy atom. The third-order valence-corrected chi connectivity index (χ3v) is 5.31. The lowest BCUT2D eigenvalue weighted by Crippen LogP contribution is -1.84. The summed E-state index contributed by atoms with van der Waals surface area (Å²) in [6.07, 6.45) is 5.39. The minimum absolute atomic E-state index is 0.884. The van der Waals surface area contributed by atoms with Gasteiger partial charge in [0.2, 0.25) is 0 Å². The SMILES string of the molecule is c1ccc(-c2ccc3[nH]nc(-c4cc5c(-c6ccncc6)nccc5[nH]4)c3c2)cc#1. The van der Waals surface area contributed by atoms with Crippen molar-refractivity contribution in [1.29, 1.82) is 0 Å². The van der Waals surface area contributed by atoms with Gasteiger partial charge < -0.3 is 4.98 Å². The Morgan fingerprint density at radius 3 is 2.47 bits per heavy atom. The van der Waals surface area contributed by atoms with Crippen molar-refractivity contribution >= 4 is 21.8 Å². The molecule has 0 saturated heterocycles. The molecular formula is C25H15N5. The van der Waals surface area contributed by atoms with Crippen molar-refractivity contribution in [3.63, 3.8) is 0 Å². The number of nitrogens with zero attached hydrogens (tertiary/aromatic N) is 3. The van der Waals surface area contributed by atoms with Crippen molar-refractivity contribution in [2.24, 2.45) is 0 Å². The first-order valence-electron chi connectivity index (χ1n) is 9.61. The normalized spacial score (nSPS) is 11.1. The molecule has 0 atom stereocenters. The summed E-state index contributed by atoms with van der Waals surface area (Å²) < 4.78 is 0. The van der Waals surface area contributed by atoms with E-state index in [0.29, 0.717) is 0 Å². The number of fused-ring (bicyclic) bond motifs is 2. The standard InChI is InChI=1S/C25H15N5/c1-2-4-16(5-3-1)18-6-7-22-19(14-18)25(30-29-22)23-15-20-21(28-23)10-13-27-24(20)17-8-11-26-12-9-17/h2,4-15,28H,(H,29,30). The molecule has 6 rings (SSSR count). The molecule has 140 valence electrons. The average Bonchev–Trinajstić information content (AvgIpc) is 3.43. The van der Waals surface area contributed by atoms with Crippen LogP contribution in [0, 0.1) is 12.1 Å². The topological polar surface area (TPSA) is 70.2 Å². The van der Waals surface area contributed by atoms with E-state index in [1.807, 2.05) is 42.6 Å². The molecule has 0 aliphatic rings. The molecule has 5 heteroatoms. The fraction of sp³-hybridized carbons (Fsp3) is 0. The molecule has 0 amide bonds. The number of benzene rings is 1. The van der Waals surface area contributed by atoms with E-state index in [0.717, 1.165) is 55.6 Å². The van der Waals surface area contributed by atoms with Crippen molar-refractivity contribution in [3.8, 4) is 33.8 Å². The van der Waals surface area contributed by atoms with Crippen molar-refractivity contribution in [1.82, 2.24) is 25.1 Å². The first kappa shape index (κ1) is 16.5. The van der Waals surface area contributed by atoms with E-state index in [9.17, 15) is 0 Å². The second-order valence-electron chi connectivity index (χ2n) is 7.09. The quantitative estimate of drug-likeness (QED) is 0.426. The summed E-state index contributed by atoms with van der Waals surface area (Å²) in [6.45, 7) is 0. The minimum Gasteiger partial charge on any atom is -0.353 e. The first-order valence-corrected chi connectivity index (χ1v) is 9.61. The number of pyridine rings is 2. The van der Waals surface area contributed by atoms with E-state index >= 15 is 0 Å². The van der Waals surface area contributed by atoms with Gasteiger partial charge in [-0.1, -0.05) is 18.2 Å². The second-order valence-corrected chi connectivity index (χ2v) is 7.09. The number of H-pyrrole nitrogens is 2. The molecule has 4 aromatic heterocycles. The molecule has 0 aliphatic carbocycles. The molecule has 4 heterocycles. The summed E-state index contributed by atoms with van der Waals surface area (Å²) in [4.78, 5) is 12.2. The number of aromatic nitrogens is 5. The van der Waals surface area contributed by atoms with Gasteiger partial charge in [-0.3, -0.25) is 15.1 Å². The maximum absolute atomic E-state index is 4.61. The van der Waals surface area contributed by atoms with E-state index in [4.69, 9.17) is 0 Å². The van der Waals surface area contributed by atoms with E-state index in [1.165, 1.54) is 0 Å². The Labute approximate surface area is 172 Å². The Hall–Kier alpha value is -4.43. The average molecular weight is 385 g/mol. The zero-order valence-corrected chi connectivity index (χ0v) is 15.8. The van der Waals surface area contributed by atoms with Crippen molar-refractivity contribution in [2.75, 3.05) is 0 Å².